The van der Waals surface area contributed by atoms with E-state index in [1.807, 2.05) is 12.1 Å². The van der Waals surface area contributed by atoms with Crippen LogP contribution in [-0.2, 0) is 11.2 Å². The summed E-state index contributed by atoms with van der Waals surface area (Å²) >= 11 is 1.44. The van der Waals surface area contributed by atoms with Gasteiger partial charge in [0.1, 0.15) is 4.92 Å². The van der Waals surface area contributed by atoms with E-state index in [1.165, 1.54) is 29.0 Å². The van der Waals surface area contributed by atoms with Gasteiger partial charge in [0.15, 0.2) is 10.9 Å². The topological polar surface area (TPSA) is 102 Å². The molecule has 3 heterocycles. The van der Waals surface area contributed by atoms with Crippen LogP contribution in [0.1, 0.15) is 29.5 Å². The fraction of sp³-hybridized carbons (Fsp3) is 0.429. The van der Waals surface area contributed by atoms with Crippen LogP contribution in [0.3, 0.4) is 0 Å². The predicted octanol–water partition coefficient (Wildman–Crippen LogP) is 3.73. The van der Waals surface area contributed by atoms with Gasteiger partial charge in [-0.3, -0.25) is 24.7 Å². The molecule has 164 valence electrons. The molecule has 1 aliphatic heterocycles. The van der Waals surface area contributed by atoms with Gasteiger partial charge in [-0.05, 0) is 36.6 Å². The Morgan fingerprint density at radius 1 is 1.29 bits per heavy atom. The SMILES string of the molecule is CCc1ccc2nc(N(CCCN3CCOCC3)C(=O)c3ccc([N+](=O)[O-])o3)sc2c1. The highest BCUT2D eigenvalue weighted by molar-refractivity contribution is 7.22. The number of aryl methyl sites for hydroxylation is 1. The number of hydrogen-bond donors (Lipinski definition) is 0. The van der Waals surface area contributed by atoms with Gasteiger partial charge in [0, 0.05) is 26.2 Å². The highest BCUT2D eigenvalue weighted by Gasteiger charge is 2.26. The van der Waals surface area contributed by atoms with Crippen molar-refractivity contribution in [1.82, 2.24) is 9.88 Å². The van der Waals surface area contributed by atoms with Crippen molar-refractivity contribution in [3.63, 3.8) is 0 Å². The molecule has 10 heteroatoms. The Morgan fingerprint density at radius 2 is 2.10 bits per heavy atom. The van der Waals surface area contributed by atoms with Crippen LogP contribution in [0.15, 0.2) is 34.7 Å². The van der Waals surface area contributed by atoms with Gasteiger partial charge >= 0.3 is 5.88 Å². The number of carbonyl (C=O) groups excluding carboxylic acids is 1. The molecule has 4 rings (SSSR count). The summed E-state index contributed by atoms with van der Waals surface area (Å²) in [6.45, 7) is 6.54. The third kappa shape index (κ3) is 4.92. The monoisotopic (exact) mass is 444 g/mol. The summed E-state index contributed by atoms with van der Waals surface area (Å²) in [5, 5.41) is 11.5. The summed E-state index contributed by atoms with van der Waals surface area (Å²) < 4.78 is 11.6. The first-order valence-electron chi connectivity index (χ1n) is 10.3. The molecular formula is C21H24N4O5S. The zero-order chi connectivity index (χ0) is 21.8. The second-order valence-electron chi connectivity index (χ2n) is 7.31. The van der Waals surface area contributed by atoms with Crippen molar-refractivity contribution in [2.24, 2.45) is 0 Å². The van der Waals surface area contributed by atoms with Crippen LogP contribution >= 0.6 is 11.3 Å². The summed E-state index contributed by atoms with van der Waals surface area (Å²) in [4.78, 5) is 32.0. The van der Waals surface area contributed by atoms with Crippen molar-refractivity contribution < 1.29 is 18.9 Å². The first-order valence-corrected chi connectivity index (χ1v) is 11.1. The Bertz CT molecular complexity index is 1070. The van der Waals surface area contributed by atoms with Crippen LogP contribution in [0.4, 0.5) is 11.0 Å². The summed E-state index contributed by atoms with van der Waals surface area (Å²) in [6.07, 6.45) is 1.66. The lowest BCUT2D eigenvalue weighted by atomic mass is 10.2. The van der Waals surface area contributed by atoms with Crippen LogP contribution in [-0.4, -0.2) is 60.1 Å². The lowest BCUT2D eigenvalue weighted by Gasteiger charge is -2.27. The standard InChI is InChI=1S/C21H24N4O5S/c1-2-15-4-5-16-18(14-15)31-21(22-16)24(9-3-8-23-10-12-29-13-11-23)20(26)17-6-7-19(30-17)25(27)28/h4-7,14H,2-3,8-13H2,1H3. The number of carbonyl (C=O) groups is 1. The molecule has 1 fully saturated rings. The molecule has 0 saturated carbocycles. The van der Waals surface area contributed by atoms with E-state index in [0.717, 1.165) is 55.9 Å². The van der Waals surface area contributed by atoms with E-state index >= 15 is 0 Å². The van der Waals surface area contributed by atoms with E-state index in [9.17, 15) is 14.9 Å². The quantitative estimate of drug-likeness (QED) is 0.385. The maximum Gasteiger partial charge on any atom is 0.433 e. The first kappa shape index (κ1) is 21.4. The third-order valence-electron chi connectivity index (χ3n) is 5.27. The Kier molecular flexibility index (Phi) is 6.59. The number of anilines is 1. The molecule has 0 radical (unpaired) electrons. The highest BCUT2D eigenvalue weighted by Crippen LogP contribution is 2.31. The van der Waals surface area contributed by atoms with E-state index in [0.29, 0.717) is 11.7 Å². The van der Waals surface area contributed by atoms with Gasteiger partial charge in [-0.25, -0.2) is 4.98 Å². The van der Waals surface area contributed by atoms with Crippen molar-refractivity contribution in [2.45, 2.75) is 19.8 Å². The summed E-state index contributed by atoms with van der Waals surface area (Å²) in [7, 11) is 0. The van der Waals surface area contributed by atoms with Crippen molar-refractivity contribution in [3.05, 3.63) is 51.8 Å². The van der Waals surface area contributed by atoms with Gasteiger partial charge in [-0.1, -0.05) is 24.3 Å². The van der Waals surface area contributed by atoms with Crippen LogP contribution < -0.4 is 4.90 Å². The van der Waals surface area contributed by atoms with Crippen LogP contribution in [0, 0.1) is 10.1 Å². The molecule has 0 spiro atoms. The van der Waals surface area contributed by atoms with Crippen molar-refractivity contribution in [2.75, 3.05) is 44.3 Å². The van der Waals surface area contributed by atoms with Gasteiger partial charge in [-0.15, -0.1) is 0 Å². The molecule has 3 aromatic rings. The third-order valence-corrected chi connectivity index (χ3v) is 6.31. The molecule has 2 aromatic heterocycles. The first-order chi connectivity index (χ1) is 15.0. The largest absolute Gasteiger partial charge is 0.433 e. The Balaban J connectivity index is 1.57. The average molecular weight is 445 g/mol. The zero-order valence-electron chi connectivity index (χ0n) is 17.3. The van der Waals surface area contributed by atoms with E-state index in [4.69, 9.17) is 9.15 Å². The number of amides is 1. The molecule has 0 atom stereocenters. The number of fused-ring (bicyclic) bond motifs is 1. The molecule has 1 aromatic carbocycles. The number of hydrogen-bond acceptors (Lipinski definition) is 8. The number of benzene rings is 1. The number of furan rings is 1. The molecule has 1 amide bonds. The fourth-order valence-electron chi connectivity index (χ4n) is 3.53. The maximum absolute atomic E-state index is 13.2. The molecule has 1 saturated heterocycles. The number of nitrogens with zero attached hydrogens (tertiary/aromatic N) is 4. The van der Waals surface area contributed by atoms with Crippen molar-refractivity contribution >= 4 is 38.5 Å². The Morgan fingerprint density at radius 3 is 2.81 bits per heavy atom. The van der Waals surface area contributed by atoms with Gasteiger partial charge in [0.25, 0.3) is 5.91 Å². The van der Waals surface area contributed by atoms with Crippen LogP contribution in [0.5, 0.6) is 0 Å². The van der Waals surface area contributed by atoms with E-state index < -0.39 is 16.7 Å². The molecule has 9 nitrogen and oxygen atoms in total. The van der Waals surface area contributed by atoms with Gasteiger partial charge in [0.2, 0.25) is 0 Å². The van der Waals surface area contributed by atoms with Crippen molar-refractivity contribution in [1.29, 1.82) is 0 Å². The number of nitro groups is 1. The smallest absolute Gasteiger partial charge is 0.395 e. The molecule has 0 unspecified atom stereocenters. The normalized spacial score (nSPS) is 14.7. The minimum absolute atomic E-state index is 0.0634. The molecule has 1 aliphatic rings. The summed E-state index contributed by atoms with van der Waals surface area (Å²) in [5.74, 6) is -0.940. The summed E-state index contributed by atoms with van der Waals surface area (Å²) in [5.41, 5.74) is 2.03. The molecule has 0 N–H and O–H groups in total. The number of thiazole rings is 1. The van der Waals surface area contributed by atoms with Gasteiger partial charge < -0.3 is 9.15 Å². The summed E-state index contributed by atoms with van der Waals surface area (Å²) in [6, 6.07) is 8.63. The second kappa shape index (κ2) is 9.54. The van der Waals surface area contributed by atoms with Gasteiger partial charge in [-0.2, -0.15) is 0 Å². The Labute approximate surface area is 183 Å². The number of rotatable bonds is 8. The maximum atomic E-state index is 13.2. The van der Waals surface area contributed by atoms with Gasteiger partial charge in [0.05, 0.1) is 29.5 Å². The lowest BCUT2D eigenvalue weighted by molar-refractivity contribution is -0.402. The van der Waals surface area contributed by atoms with Crippen molar-refractivity contribution in [3.8, 4) is 0 Å². The Hall–Kier alpha value is -2.82. The molecule has 0 bridgehead atoms. The van der Waals surface area contributed by atoms with Crippen LogP contribution in [0.2, 0.25) is 0 Å². The average Bonchev–Trinajstić information content (AvgIpc) is 3.44. The number of morpholine rings is 1. The van der Waals surface area contributed by atoms with Crippen LogP contribution in [0.25, 0.3) is 10.2 Å². The highest BCUT2D eigenvalue weighted by atomic mass is 32.1. The zero-order valence-corrected chi connectivity index (χ0v) is 18.1. The number of aromatic nitrogens is 1. The van der Waals surface area contributed by atoms with E-state index in [-0.39, 0.29) is 5.76 Å². The minimum Gasteiger partial charge on any atom is -0.395 e. The molecular weight excluding hydrogens is 420 g/mol. The number of ether oxygens (including phenoxy) is 1. The lowest BCUT2D eigenvalue weighted by Crippen LogP contribution is -2.39. The molecule has 0 aliphatic carbocycles. The predicted molar refractivity (Wildman–Crippen MR) is 118 cm³/mol. The second-order valence-corrected chi connectivity index (χ2v) is 8.32. The van der Waals surface area contributed by atoms with E-state index in [2.05, 4.69) is 22.9 Å². The fourth-order valence-corrected chi connectivity index (χ4v) is 4.58. The minimum atomic E-state index is -0.649. The molecule has 31 heavy (non-hydrogen) atoms. The van der Waals surface area contributed by atoms with E-state index in [1.54, 1.807) is 4.90 Å².